The highest BCUT2D eigenvalue weighted by Gasteiger charge is 2.49. The fraction of sp³-hybridized carbons (Fsp3) is 0.417. The predicted octanol–water partition coefficient (Wildman–Crippen LogP) is 1.45. The Hall–Kier alpha value is -1.47. The van der Waals surface area contributed by atoms with Crippen LogP contribution in [-0.2, 0) is 14.8 Å². The van der Waals surface area contributed by atoms with Crippen molar-refractivity contribution in [2.75, 3.05) is 6.54 Å². The Bertz CT molecular complexity index is 616. The summed E-state index contributed by atoms with van der Waals surface area (Å²) in [7, 11) is -4.00. The van der Waals surface area contributed by atoms with Crippen LogP contribution in [0.3, 0.4) is 0 Å². The number of carboxylic acids is 1. The van der Waals surface area contributed by atoms with Gasteiger partial charge < -0.3 is 5.11 Å². The number of rotatable bonds is 3. The monoisotopic (exact) mass is 287 g/mol. The van der Waals surface area contributed by atoms with E-state index in [1.807, 2.05) is 0 Å². The minimum atomic E-state index is -4.00. The largest absolute Gasteiger partial charge is 0.480 e. The average Bonchev–Trinajstić information content (AvgIpc) is 2.73. The van der Waals surface area contributed by atoms with Gasteiger partial charge in [0, 0.05) is 6.54 Å². The van der Waals surface area contributed by atoms with Crippen LogP contribution in [0.1, 0.15) is 19.8 Å². The van der Waals surface area contributed by atoms with E-state index in [1.54, 1.807) is 0 Å². The molecule has 2 rings (SSSR count). The van der Waals surface area contributed by atoms with Crippen LogP contribution in [0.15, 0.2) is 29.2 Å². The fourth-order valence-corrected chi connectivity index (χ4v) is 4.13. The molecule has 1 atom stereocenters. The third kappa shape index (κ3) is 2.23. The second-order valence-corrected chi connectivity index (χ2v) is 6.58. The molecule has 19 heavy (non-hydrogen) atoms. The molecule has 1 aliphatic heterocycles. The summed E-state index contributed by atoms with van der Waals surface area (Å²) in [5, 5.41) is 9.23. The van der Waals surface area contributed by atoms with Crippen LogP contribution in [0.5, 0.6) is 0 Å². The van der Waals surface area contributed by atoms with Gasteiger partial charge in [-0.15, -0.1) is 0 Å². The number of carboxylic acid groups (broad SMARTS) is 1. The van der Waals surface area contributed by atoms with Crippen LogP contribution < -0.4 is 0 Å². The Morgan fingerprint density at radius 2 is 2.16 bits per heavy atom. The van der Waals surface area contributed by atoms with Gasteiger partial charge in [0.1, 0.15) is 11.4 Å². The van der Waals surface area contributed by atoms with Crippen LogP contribution in [0.4, 0.5) is 4.39 Å². The van der Waals surface area contributed by atoms with Crippen molar-refractivity contribution in [2.24, 2.45) is 0 Å². The van der Waals surface area contributed by atoms with Gasteiger partial charge in [-0.25, -0.2) is 12.8 Å². The normalized spacial score (nSPS) is 24.5. The first-order valence-electron chi connectivity index (χ1n) is 5.80. The van der Waals surface area contributed by atoms with Gasteiger partial charge in [0.15, 0.2) is 0 Å². The van der Waals surface area contributed by atoms with Crippen molar-refractivity contribution >= 4 is 16.0 Å². The Labute approximate surface area is 110 Å². The Morgan fingerprint density at radius 3 is 2.74 bits per heavy atom. The molecular weight excluding hydrogens is 273 g/mol. The Morgan fingerprint density at radius 1 is 1.47 bits per heavy atom. The summed E-state index contributed by atoms with van der Waals surface area (Å²) < 4.78 is 38.9. The first-order valence-corrected chi connectivity index (χ1v) is 7.24. The Balaban J connectivity index is 2.48. The number of hydrogen-bond donors (Lipinski definition) is 1. The van der Waals surface area contributed by atoms with Crippen LogP contribution in [-0.4, -0.2) is 35.9 Å². The minimum Gasteiger partial charge on any atom is -0.480 e. The molecule has 1 saturated heterocycles. The van der Waals surface area contributed by atoms with Gasteiger partial charge in [0.25, 0.3) is 0 Å². The lowest BCUT2D eigenvalue weighted by atomic mass is 10.0. The lowest BCUT2D eigenvalue weighted by Gasteiger charge is -2.30. The van der Waals surface area contributed by atoms with E-state index in [-0.39, 0.29) is 17.9 Å². The highest BCUT2D eigenvalue weighted by molar-refractivity contribution is 7.89. The zero-order chi connectivity index (χ0) is 14.3. The molecule has 1 aliphatic rings. The highest BCUT2D eigenvalue weighted by Crippen LogP contribution is 2.34. The molecule has 1 fully saturated rings. The molecule has 0 spiro atoms. The quantitative estimate of drug-likeness (QED) is 0.913. The number of carbonyl (C=O) groups is 1. The van der Waals surface area contributed by atoms with Crippen LogP contribution in [0.25, 0.3) is 0 Å². The van der Waals surface area contributed by atoms with Crippen molar-refractivity contribution in [1.82, 2.24) is 4.31 Å². The van der Waals surface area contributed by atoms with Gasteiger partial charge in [-0.1, -0.05) is 6.07 Å². The molecule has 1 aromatic carbocycles. The number of nitrogens with zero attached hydrogens (tertiary/aromatic N) is 1. The summed E-state index contributed by atoms with van der Waals surface area (Å²) in [5.41, 5.74) is -1.47. The average molecular weight is 287 g/mol. The maximum atomic E-state index is 13.1. The molecule has 0 saturated carbocycles. The molecule has 1 N–H and O–H groups in total. The zero-order valence-electron chi connectivity index (χ0n) is 10.3. The van der Waals surface area contributed by atoms with E-state index in [9.17, 15) is 22.7 Å². The van der Waals surface area contributed by atoms with Crippen molar-refractivity contribution in [3.05, 3.63) is 30.1 Å². The van der Waals surface area contributed by atoms with Gasteiger partial charge in [-0.05, 0) is 38.0 Å². The number of halogens is 1. The van der Waals surface area contributed by atoms with Gasteiger partial charge in [-0.2, -0.15) is 4.31 Å². The summed E-state index contributed by atoms with van der Waals surface area (Å²) in [6, 6.07) is 4.59. The van der Waals surface area contributed by atoms with Gasteiger partial charge in [0.05, 0.1) is 4.90 Å². The second-order valence-electron chi connectivity index (χ2n) is 4.72. The van der Waals surface area contributed by atoms with Crippen LogP contribution in [0.2, 0.25) is 0 Å². The lowest BCUT2D eigenvalue weighted by Crippen LogP contribution is -2.50. The van der Waals surface area contributed by atoms with Crippen molar-refractivity contribution in [2.45, 2.75) is 30.2 Å². The highest BCUT2D eigenvalue weighted by atomic mass is 32.2. The molecule has 1 unspecified atom stereocenters. The van der Waals surface area contributed by atoms with Crippen molar-refractivity contribution in [3.8, 4) is 0 Å². The number of aliphatic carboxylic acids is 1. The summed E-state index contributed by atoms with van der Waals surface area (Å²) in [6.07, 6.45) is 0.716. The molecular formula is C12H14FNO4S. The SMILES string of the molecule is CC1(C(=O)O)CCCN1S(=O)(=O)c1cccc(F)c1. The number of benzene rings is 1. The van der Waals surface area contributed by atoms with Crippen molar-refractivity contribution in [1.29, 1.82) is 0 Å². The van der Waals surface area contributed by atoms with Gasteiger partial charge >= 0.3 is 5.97 Å². The molecule has 0 radical (unpaired) electrons. The van der Waals surface area contributed by atoms with E-state index in [0.717, 1.165) is 16.4 Å². The predicted molar refractivity (Wildman–Crippen MR) is 65.6 cm³/mol. The maximum Gasteiger partial charge on any atom is 0.324 e. The topological polar surface area (TPSA) is 74.7 Å². The van der Waals surface area contributed by atoms with E-state index < -0.39 is 27.3 Å². The van der Waals surface area contributed by atoms with E-state index in [4.69, 9.17) is 0 Å². The van der Waals surface area contributed by atoms with E-state index >= 15 is 0 Å². The lowest BCUT2D eigenvalue weighted by molar-refractivity contribution is -0.146. The van der Waals surface area contributed by atoms with E-state index in [0.29, 0.717) is 6.42 Å². The third-order valence-corrected chi connectivity index (χ3v) is 5.44. The zero-order valence-corrected chi connectivity index (χ0v) is 11.2. The van der Waals surface area contributed by atoms with Crippen molar-refractivity contribution < 1.29 is 22.7 Å². The smallest absolute Gasteiger partial charge is 0.324 e. The Kier molecular flexibility index (Phi) is 3.36. The molecule has 7 heteroatoms. The molecule has 104 valence electrons. The van der Waals surface area contributed by atoms with E-state index in [1.165, 1.54) is 19.1 Å². The molecule has 1 heterocycles. The minimum absolute atomic E-state index is 0.127. The molecule has 5 nitrogen and oxygen atoms in total. The number of hydrogen-bond acceptors (Lipinski definition) is 3. The summed E-state index contributed by atoms with van der Waals surface area (Å²) >= 11 is 0. The molecule has 0 bridgehead atoms. The first kappa shape index (κ1) is 14.0. The third-order valence-electron chi connectivity index (χ3n) is 3.42. The standard InChI is InChI=1S/C12H14FNO4S/c1-12(11(15)16)6-3-7-14(12)19(17,18)10-5-2-4-9(13)8-10/h2,4-5,8H,3,6-7H2,1H3,(H,15,16). The van der Waals surface area contributed by atoms with Crippen LogP contribution >= 0.6 is 0 Å². The molecule has 0 amide bonds. The number of sulfonamides is 1. The van der Waals surface area contributed by atoms with Crippen LogP contribution in [0, 0.1) is 5.82 Å². The fourth-order valence-electron chi connectivity index (χ4n) is 2.29. The summed E-state index contributed by atoms with van der Waals surface area (Å²) in [6.45, 7) is 1.50. The van der Waals surface area contributed by atoms with Gasteiger partial charge in [-0.3, -0.25) is 4.79 Å². The second kappa shape index (κ2) is 4.57. The van der Waals surface area contributed by atoms with E-state index in [2.05, 4.69) is 0 Å². The first-order chi connectivity index (χ1) is 8.78. The molecule has 0 aliphatic carbocycles. The molecule has 0 aromatic heterocycles. The van der Waals surface area contributed by atoms with Crippen molar-refractivity contribution in [3.63, 3.8) is 0 Å². The summed E-state index contributed by atoms with van der Waals surface area (Å²) in [5.74, 6) is -1.86. The molecule has 1 aromatic rings. The van der Waals surface area contributed by atoms with Gasteiger partial charge in [0.2, 0.25) is 10.0 Å². The summed E-state index contributed by atoms with van der Waals surface area (Å²) in [4.78, 5) is 11.1. The maximum absolute atomic E-state index is 13.1.